The van der Waals surface area contributed by atoms with E-state index in [0.717, 1.165) is 0 Å². The molecule has 0 aliphatic rings. The van der Waals surface area contributed by atoms with E-state index < -0.39 is 25.9 Å². The number of carbonyl (C=O) groups is 1. The van der Waals surface area contributed by atoms with Gasteiger partial charge in [-0.05, 0) is 32.9 Å². The molecule has 0 heterocycles. The minimum atomic E-state index is -3.57. The van der Waals surface area contributed by atoms with E-state index in [1.807, 2.05) is 0 Å². The topological polar surface area (TPSA) is 84.9 Å². The number of rotatable bonds is 7. The molecule has 0 aliphatic carbocycles. The summed E-state index contributed by atoms with van der Waals surface area (Å²) in [5, 5.41) is 11.8. The second-order valence-electron chi connectivity index (χ2n) is 4.56. The largest absolute Gasteiger partial charge is 0.462 e. The molecule has 0 spiro atoms. The zero-order valence-corrected chi connectivity index (χ0v) is 12.7. The van der Waals surface area contributed by atoms with Gasteiger partial charge in [-0.25, -0.2) is 5.09 Å². The van der Waals surface area contributed by atoms with E-state index in [0.29, 0.717) is 5.75 Å². The first kappa shape index (κ1) is 16.7. The Morgan fingerprint density at radius 1 is 1.30 bits per heavy atom. The van der Waals surface area contributed by atoms with Crippen LogP contribution in [0, 0.1) is 0 Å². The Labute approximate surface area is 118 Å². The van der Waals surface area contributed by atoms with E-state index in [1.165, 1.54) is 6.92 Å². The van der Waals surface area contributed by atoms with Gasteiger partial charge >= 0.3 is 13.5 Å². The monoisotopic (exact) mass is 301 g/mol. The summed E-state index contributed by atoms with van der Waals surface area (Å²) < 4.78 is 22.6. The van der Waals surface area contributed by atoms with Crippen LogP contribution in [0.1, 0.15) is 20.8 Å². The lowest BCUT2D eigenvalue weighted by Crippen LogP contribution is -2.36. The van der Waals surface area contributed by atoms with Gasteiger partial charge in [0.05, 0.1) is 6.10 Å². The maximum atomic E-state index is 12.4. The van der Waals surface area contributed by atoms with Gasteiger partial charge in [-0.15, -0.1) is 0 Å². The van der Waals surface area contributed by atoms with Crippen LogP contribution in [0.4, 0.5) is 0 Å². The first-order valence-electron chi connectivity index (χ1n) is 6.29. The van der Waals surface area contributed by atoms with Crippen molar-refractivity contribution in [2.45, 2.75) is 32.9 Å². The second-order valence-corrected chi connectivity index (χ2v) is 6.63. The first-order valence-corrected chi connectivity index (χ1v) is 8.10. The SMILES string of the molecule is CC(C)OC(=O)[C@H](C)N[P@](=O)(CO)Oc1ccccc1. The van der Waals surface area contributed by atoms with Gasteiger partial charge in [-0.3, -0.25) is 9.36 Å². The van der Waals surface area contributed by atoms with Crippen molar-refractivity contribution in [2.75, 3.05) is 6.35 Å². The van der Waals surface area contributed by atoms with Crippen molar-refractivity contribution in [3.63, 3.8) is 0 Å². The number of nitrogens with one attached hydrogen (secondary N) is 1. The number of hydrogen-bond donors (Lipinski definition) is 2. The van der Waals surface area contributed by atoms with E-state index in [1.54, 1.807) is 44.2 Å². The molecule has 0 saturated carbocycles. The minimum absolute atomic E-state index is 0.268. The molecule has 1 aromatic carbocycles. The fraction of sp³-hybridized carbons (Fsp3) is 0.462. The fourth-order valence-corrected chi connectivity index (χ4v) is 2.78. The predicted molar refractivity (Wildman–Crippen MR) is 75.6 cm³/mol. The summed E-state index contributed by atoms with van der Waals surface area (Å²) in [6, 6.07) is 7.59. The van der Waals surface area contributed by atoms with Crippen molar-refractivity contribution in [2.24, 2.45) is 0 Å². The van der Waals surface area contributed by atoms with E-state index >= 15 is 0 Å². The average Bonchev–Trinajstić information content (AvgIpc) is 2.39. The molecule has 0 aliphatic heterocycles. The second kappa shape index (κ2) is 7.43. The molecule has 112 valence electrons. The van der Waals surface area contributed by atoms with Crippen LogP contribution in [0.3, 0.4) is 0 Å². The fourth-order valence-electron chi connectivity index (χ4n) is 1.43. The van der Waals surface area contributed by atoms with E-state index in [2.05, 4.69) is 5.09 Å². The van der Waals surface area contributed by atoms with E-state index in [9.17, 15) is 14.5 Å². The van der Waals surface area contributed by atoms with Crippen LogP contribution in [-0.2, 0) is 14.1 Å². The van der Waals surface area contributed by atoms with Crippen LogP contribution in [0.2, 0.25) is 0 Å². The lowest BCUT2D eigenvalue weighted by Gasteiger charge is -2.22. The molecule has 0 unspecified atom stereocenters. The van der Waals surface area contributed by atoms with Gasteiger partial charge in [-0.1, -0.05) is 18.2 Å². The van der Waals surface area contributed by atoms with Crippen LogP contribution in [0.5, 0.6) is 5.75 Å². The summed E-state index contributed by atoms with van der Waals surface area (Å²) in [7, 11) is -3.57. The Balaban J connectivity index is 2.70. The van der Waals surface area contributed by atoms with Crippen LogP contribution < -0.4 is 9.61 Å². The molecule has 0 bridgehead atoms. The summed E-state index contributed by atoms with van der Waals surface area (Å²) in [5.74, 6) is -0.202. The highest BCUT2D eigenvalue weighted by molar-refractivity contribution is 7.57. The van der Waals surface area contributed by atoms with Crippen molar-refractivity contribution in [3.05, 3.63) is 30.3 Å². The Morgan fingerprint density at radius 2 is 1.90 bits per heavy atom. The number of esters is 1. The summed E-state index contributed by atoms with van der Waals surface area (Å²) >= 11 is 0. The molecule has 2 atom stereocenters. The van der Waals surface area contributed by atoms with Gasteiger partial charge in [0.15, 0.2) is 0 Å². The van der Waals surface area contributed by atoms with Crippen molar-refractivity contribution < 1.29 is 23.7 Å². The lowest BCUT2D eigenvalue weighted by molar-refractivity contribution is -0.149. The van der Waals surface area contributed by atoms with E-state index in [4.69, 9.17) is 9.26 Å². The Hall–Kier alpha value is -1.36. The van der Waals surface area contributed by atoms with Crippen LogP contribution in [0.25, 0.3) is 0 Å². The van der Waals surface area contributed by atoms with Crippen molar-refractivity contribution >= 4 is 13.5 Å². The summed E-state index contributed by atoms with van der Waals surface area (Å²) in [4.78, 5) is 11.7. The summed E-state index contributed by atoms with van der Waals surface area (Å²) in [6.07, 6.45) is -0.989. The Bertz CT molecular complexity index is 477. The zero-order chi connectivity index (χ0) is 15.2. The number of aliphatic hydroxyl groups excluding tert-OH is 1. The number of carbonyl (C=O) groups excluding carboxylic acids is 1. The van der Waals surface area contributed by atoms with Gasteiger partial charge in [0, 0.05) is 0 Å². The van der Waals surface area contributed by atoms with Gasteiger partial charge in [0.1, 0.15) is 18.1 Å². The Kier molecular flexibility index (Phi) is 6.20. The highest BCUT2D eigenvalue weighted by Gasteiger charge is 2.29. The number of para-hydroxylation sites is 1. The first-order chi connectivity index (χ1) is 9.36. The molecule has 1 aromatic rings. The molecule has 2 N–H and O–H groups in total. The minimum Gasteiger partial charge on any atom is -0.462 e. The third-order valence-electron chi connectivity index (χ3n) is 2.28. The average molecular weight is 301 g/mol. The van der Waals surface area contributed by atoms with Gasteiger partial charge < -0.3 is 14.4 Å². The lowest BCUT2D eigenvalue weighted by atomic mass is 10.3. The van der Waals surface area contributed by atoms with Crippen LogP contribution in [0.15, 0.2) is 30.3 Å². The van der Waals surface area contributed by atoms with Crippen LogP contribution in [-0.4, -0.2) is 29.6 Å². The quantitative estimate of drug-likeness (QED) is 0.593. The molecule has 0 fully saturated rings. The molecule has 1 rings (SSSR count). The third kappa shape index (κ3) is 5.33. The molecule has 0 saturated heterocycles. The highest BCUT2D eigenvalue weighted by atomic mass is 31.2. The summed E-state index contributed by atoms with van der Waals surface area (Å²) in [5.41, 5.74) is 0. The van der Waals surface area contributed by atoms with Gasteiger partial charge in [-0.2, -0.15) is 0 Å². The molecule has 0 radical (unpaired) electrons. The van der Waals surface area contributed by atoms with Crippen molar-refractivity contribution in [1.29, 1.82) is 0 Å². The molecule has 20 heavy (non-hydrogen) atoms. The highest BCUT2D eigenvalue weighted by Crippen LogP contribution is 2.42. The molecule has 0 amide bonds. The third-order valence-corrected chi connectivity index (χ3v) is 3.94. The summed E-state index contributed by atoms with van der Waals surface area (Å²) in [6.45, 7) is 4.94. The number of aliphatic hydroxyl groups is 1. The standard InChI is InChI=1S/C13H20NO5P/c1-10(2)18-13(16)11(3)14-20(17,9-15)19-12-7-5-4-6-8-12/h4-8,10-11,15H,9H2,1-3H3,(H,14,17)/t11-,20-/m0/s1. The molecule has 0 aromatic heterocycles. The smallest absolute Gasteiger partial charge is 0.342 e. The maximum absolute atomic E-state index is 12.4. The molecule has 6 nitrogen and oxygen atoms in total. The van der Waals surface area contributed by atoms with E-state index in [-0.39, 0.29) is 6.10 Å². The Morgan fingerprint density at radius 3 is 2.40 bits per heavy atom. The zero-order valence-electron chi connectivity index (χ0n) is 11.8. The number of ether oxygens (including phenoxy) is 1. The number of hydrogen-bond acceptors (Lipinski definition) is 5. The van der Waals surface area contributed by atoms with Crippen LogP contribution >= 0.6 is 7.52 Å². The van der Waals surface area contributed by atoms with Gasteiger partial charge in [0.25, 0.3) is 0 Å². The molecule has 7 heteroatoms. The predicted octanol–water partition coefficient (Wildman–Crippen LogP) is 2.14. The molecular weight excluding hydrogens is 281 g/mol. The van der Waals surface area contributed by atoms with Gasteiger partial charge in [0.2, 0.25) is 0 Å². The number of benzene rings is 1. The van der Waals surface area contributed by atoms with Crippen molar-refractivity contribution in [1.82, 2.24) is 5.09 Å². The van der Waals surface area contributed by atoms with Crippen molar-refractivity contribution in [3.8, 4) is 5.75 Å². The normalized spacial score (nSPS) is 15.4. The maximum Gasteiger partial charge on any atom is 0.342 e. The molecular formula is C13H20NO5P.